The van der Waals surface area contributed by atoms with E-state index in [1.54, 1.807) is 18.3 Å². The smallest absolute Gasteiger partial charge is 0.203 e. The molecule has 0 unspecified atom stereocenters. The van der Waals surface area contributed by atoms with E-state index in [1.807, 2.05) is 66.9 Å². The van der Waals surface area contributed by atoms with Crippen molar-refractivity contribution in [2.24, 2.45) is 5.10 Å². The Hall–Kier alpha value is -3.06. The highest BCUT2D eigenvalue weighted by Crippen LogP contribution is 2.30. The Morgan fingerprint density at radius 2 is 1.82 bits per heavy atom. The van der Waals surface area contributed by atoms with Crippen LogP contribution in [0.25, 0.3) is 11.3 Å². The Morgan fingerprint density at radius 3 is 2.61 bits per heavy atom. The van der Waals surface area contributed by atoms with E-state index < -0.39 is 0 Å². The van der Waals surface area contributed by atoms with E-state index in [4.69, 9.17) is 32.7 Å². The topological polar surface area (TPSA) is 55.7 Å². The molecule has 1 heterocycles. The number of hydrogen-bond donors (Lipinski definition) is 1. The number of nitrogens with one attached hydrogen (secondary N) is 1. The molecule has 168 valence electrons. The van der Waals surface area contributed by atoms with Gasteiger partial charge in [-0.25, -0.2) is 4.98 Å². The van der Waals surface area contributed by atoms with E-state index in [1.165, 1.54) is 11.3 Å². The number of nitrogens with zero attached hydrogens (tertiary/aromatic N) is 2. The molecular formula is C25H21Cl2N3O2S. The second kappa shape index (κ2) is 11.2. The number of thiazole rings is 1. The van der Waals surface area contributed by atoms with Crippen LogP contribution in [-0.4, -0.2) is 17.8 Å². The van der Waals surface area contributed by atoms with Gasteiger partial charge >= 0.3 is 0 Å². The van der Waals surface area contributed by atoms with Crippen LogP contribution in [0.5, 0.6) is 11.5 Å². The molecule has 0 aliphatic carbocycles. The molecule has 0 saturated heterocycles. The van der Waals surface area contributed by atoms with Gasteiger partial charge in [-0.05, 0) is 48.4 Å². The van der Waals surface area contributed by atoms with Crippen LogP contribution >= 0.6 is 34.5 Å². The second-order valence-electron chi connectivity index (χ2n) is 6.95. The number of rotatable bonds is 9. The fourth-order valence-corrected chi connectivity index (χ4v) is 4.00. The molecule has 33 heavy (non-hydrogen) atoms. The van der Waals surface area contributed by atoms with Crippen molar-refractivity contribution in [2.45, 2.75) is 13.5 Å². The summed E-state index contributed by atoms with van der Waals surface area (Å²) in [5.74, 6) is 1.28. The van der Waals surface area contributed by atoms with Crippen molar-refractivity contribution >= 4 is 45.9 Å². The lowest BCUT2D eigenvalue weighted by Crippen LogP contribution is -2.01. The van der Waals surface area contributed by atoms with Crippen molar-refractivity contribution in [3.8, 4) is 22.8 Å². The van der Waals surface area contributed by atoms with Crippen molar-refractivity contribution in [1.29, 1.82) is 0 Å². The van der Waals surface area contributed by atoms with Gasteiger partial charge < -0.3 is 9.47 Å². The minimum atomic E-state index is 0.347. The summed E-state index contributed by atoms with van der Waals surface area (Å²) >= 11 is 13.6. The molecule has 4 aromatic rings. The predicted molar refractivity (Wildman–Crippen MR) is 137 cm³/mol. The summed E-state index contributed by atoms with van der Waals surface area (Å²) in [7, 11) is 0. The average molecular weight is 498 g/mol. The zero-order chi connectivity index (χ0) is 23.0. The van der Waals surface area contributed by atoms with E-state index in [2.05, 4.69) is 15.5 Å². The third kappa shape index (κ3) is 6.26. The Kier molecular flexibility index (Phi) is 7.83. The summed E-state index contributed by atoms with van der Waals surface area (Å²) in [6.45, 7) is 2.79. The summed E-state index contributed by atoms with van der Waals surface area (Å²) < 4.78 is 11.7. The number of hydrogen-bond acceptors (Lipinski definition) is 6. The van der Waals surface area contributed by atoms with Crippen molar-refractivity contribution in [2.75, 3.05) is 12.0 Å². The maximum absolute atomic E-state index is 6.09. The molecule has 0 aliphatic heterocycles. The van der Waals surface area contributed by atoms with Crippen molar-refractivity contribution in [3.05, 3.63) is 93.3 Å². The van der Waals surface area contributed by atoms with Crippen molar-refractivity contribution in [3.63, 3.8) is 0 Å². The van der Waals surface area contributed by atoms with Gasteiger partial charge in [0.15, 0.2) is 11.5 Å². The normalized spacial score (nSPS) is 11.0. The van der Waals surface area contributed by atoms with Crippen LogP contribution in [0.15, 0.2) is 77.2 Å². The maximum atomic E-state index is 6.09. The highest BCUT2D eigenvalue weighted by molar-refractivity contribution is 7.14. The fourth-order valence-electron chi connectivity index (χ4n) is 3.01. The van der Waals surface area contributed by atoms with E-state index in [9.17, 15) is 0 Å². The first kappa shape index (κ1) is 23.1. The molecule has 8 heteroatoms. The summed E-state index contributed by atoms with van der Waals surface area (Å²) in [5.41, 5.74) is 6.76. The number of ether oxygens (including phenoxy) is 2. The molecule has 4 rings (SSSR count). The van der Waals surface area contributed by atoms with Crippen LogP contribution in [0.1, 0.15) is 18.1 Å². The van der Waals surface area contributed by atoms with Gasteiger partial charge in [0.1, 0.15) is 6.61 Å². The minimum Gasteiger partial charge on any atom is -0.490 e. The SMILES string of the molecule is CCOc1cc(C=NNc2nc(-c3ccccc3)cs2)ccc1OCc1ccc(Cl)c(Cl)c1. The fraction of sp³-hybridized carbons (Fsp3) is 0.120. The van der Waals surface area contributed by atoms with Crippen molar-refractivity contribution < 1.29 is 9.47 Å². The van der Waals surface area contributed by atoms with Crippen LogP contribution in [-0.2, 0) is 6.61 Å². The molecule has 1 aromatic heterocycles. The Labute approximate surface area is 206 Å². The monoisotopic (exact) mass is 497 g/mol. The summed E-state index contributed by atoms with van der Waals surface area (Å²) in [4.78, 5) is 4.57. The molecule has 0 bridgehead atoms. The Balaban J connectivity index is 1.41. The van der Waals surface area contributed by atoms with Gasteiger partial charge in [0.05, 0.1) is 28.6 Å². The van der Waals surface area contributed by atoms with Crippen LogP contribution in [0.4, 0.5) is 5.13 Å². The zero-order valence-electron chi connectivity index (χ0n) is 17.8. The summed E-state index contributed by atoms with van der Waals surface area (Å²) in [6, 6.07) is 21.1. The van der Waals surface area contributed by atoms with Crippen LogP contribution in [0.2, 0.25) is 10.0 Å². The van der Waals surface area contributed by atoms with Crippen LogP contribution < -0.4 is 14.9 Å². The van der Waals surface area contributed by atoms with Gasteiger partial charge in [-0.1, -0.05) is 59.6 Å². The third-order valence-electron chi connectivity index (χ3n) is 4.59. The average Bonchev–Trinajstić information content (AvgIpc) is 3.30. The number of anilines is 1. The first-order valence-corrected chi connectivity index (χ1v) is 11.9. The van der Waals surface area contributed by atoms with Gasteiger partial charge in [-0.2, -0.15) is 5.10 Å². The van der Waals surface area contributed by atoms with Gasteiger partial charge in [0.25, 0.3) is 0 Å². The zero-order valence-corrected chi connectivity index (χ0v) is 20.1. The van der Waals surface area contributed by atoms with E-state index in [0.717, 1.165) is 27.5 Å². The van der Waals surface area contributed by atoms with Crippen LogP contribution in [0, 0.1) is 0 Å². The highest BCUT2D eigenvalue weighted by atomic mass is 35.5. The minimum absolute atomic E-state index is 0.347. The molecular weight excluding hydrogens is 477 g/mol. The lowest BCUT2D eigenvalue weighted by atomic mass is 10.2. The number of hydrazone groups is 1. The highest BCUT2D eigenvalue weighted by Gasteiger charge is 2.08. The first-order valence-electron chi connectivity index (χ1n) is 10.3. The van der Waals surface area contributed by atoms with E-state index >= 15 is 0 Å². The molecule has 0 saturated carbocycles. The van der Waals surface area contributed by atoms with E-state index in [0.29, 0.717) is 34.8 Å². The molecule has 0 spiro atoms. The maximum Gasteiger partial charge on any atom is 0.203 e. The molecule has 0 aliphatic rings. The summed E-state index contributed by atoms with van der Waals surface area (Å²) in [6.07, 6.45) is 1.72. The molecule has 3 aromatic carbocycles. The lowest BCUT2D eigenvalue weighted by molar-refractivity contribution is 0.269. The Bertz CT molecular complexity index is 1250. The quantitative estimate of drug-likeness (QED) is 0.191. The van der Waals surface area contributed by atoms with Gasteiger partial charge in [-0.15, -0.1) is 11.3 Å². The predicted octanol–water partition coefficient (Wildman–Crippen LogP) is 7.54. The molecule has 0 fully saturated rings. The molecule has 0 amide bonds. The number of benzene rings is 3. The van der Waals surface area contributed by atoms with Gasteiger partial charge in [0, 0.05) is 10.9 Å². The first-order chi connectivity index (χ1) is 16.1. The third-order valence-corrected chi connectivity index (χ3v) is 6.08. The largest absolute Gasteiger partial charge is 0.490 e. The molecule has 0 radical (unpaired) electrons. The lowest BCUT2D eigenvalue weighted by Gasteiger charge is -2.13. The molecule has 1 N–H and O–H groups in total. The van der Waals surface area contributed by atoms with Gasteiger partial charge in [-0.3, -0.25) is 5.43 Å². The molecule has 5 nitrogen and oxygen atoms in total. The Morgan fingerprint density at radius 1 is 0.970 bits per heavy atom. The van der Waals surface area contributed by atoms with E-state index in [-0.39, 0.29) is 0 Å². The standard InChI is InChI=1S/C25H21Cl2N3O2S/c1-2-31-24-13-17(9-11-23(24)32-15-18-8-10-20(26)21(27)12-18)14-28-30-25-29-22(16-33-25)19-6-4-3-5-7-19/h3-14,16H,2,15H2,1H3,(H,29,30). The molecule has 0 atom stereocenters. The number of aromatic nitrogens is 1. The number of halogens is 2. The second-order valence-corrected chi connectivity index (χ2v) is 8.62. The van der Waals surface area contributed by atoms with Gasteiger partial charge in [0.2, 0.25) is 5.13 Å². The van der Waals surface area contributed by atoms with Crippen LogP contribution in [0.3, 0.4) is 0 Å². The summed E-state index contributed by atoms with van der Waals surface area (Å²) in [5, 5.41) is 8.04. The van der Waals surface area contributed by atoms with Crippen molar-refractivity contribution in [1.82, 2.24) is 4.98 Å².